The summed E-state index contributed by atoms with van der Waals surface area (Å²) >= 11 is 0. The predicted octanol–water partition coefficient (Wildman–Crippen LogP) is -0.986. The van der Waals surface area contributed by atoms with E-state index in [2.05, 4.69) is 10.6 Å². The quantitative estimate of drug-likeness (QED) is 0.588. The van der Waals surface area contributed by atoms with Gasteiger partial charge in [0.15, 0.2) is 0 Å². The molecule has 140 valence electrons. The Balaban J connectivity index is 2.05. The van der Waals surface area contributed by atoms with Gasteiger partial charge >= 0.3 is 0 Å². The van der Waals surface area contributed by atoms with Crippen molar-refractivity contribution in [3.63, 3.8) is 0 Å². The van der Waals surface area contributed by atoms with Gasteiger partial charge in [-0.2, -0.15) is 0 Å². The Bertz CT molecular complexity index is 609. The van der Waals surface area contributed by atoms with Crippen LogP contribution in [0.15, 0.2) is 0 Å². The van der Waals surface area contributed by atoms with E-state index in [0.717, 1.165) is 0 Å². The lowest BCUT2D eigenvalue weighted by Crippen LogP contribution is -2.56. The fraction of sp³-hybridized carbons (Fsp3) is 0.824. The van der Waals surface area contributed by atoms with Gasteiger partial charge in [0, 0.05) is 19.6 Å². The molecule has 3 aliphatic rings. The summed E-state index contributed by atoms with van der Waals surface area (Å²) in [6.45, 7) is 5.35. The van der Waals surface area contributed by atoms with Gasteiger partial charge in [0.25, 0.3) is 0 Å². The van der Waals surface area contributed by atoms with E-state index in [9.17, 15) is 19.5 Å². The molecule has 3 N–H and O–H groups in total. The lowest BCUT2D eigenvalue weighted by molar-refractivity contribution is -0.146. The third-order valence-corrected chi connectivity index (χ3v) is 5.83. The Labute approximate surface area is 147 Å². The number of rotatable bonds is 5. The summed E-state index contributed by atoms with van der Waals surface area (Å²) in [6.07, 6.45) is 1.17. The number of amides is 3. The lowest BCUT2D eigenvalue weighted by Gasteiger charge is -2.33. The summed E-state index contributed by atoms with van der Waals surface area (Å²) in [5.74, 6) is -2.13. The molecule has 8 nitrogen and oxygen atoms in total. The summed E-state index contributed by atoms with van der Waals surface area (Å²) in [6, 6.07) is -0.908. The second-order valence-electron chi connectivity index (χ2n) is 7.76. The molecule has 0 radical (unpaired) electrons. The molecule has 3 amide bonds. The maximum absolute atomic E-state index is 13.1. The molecule has 3 fully saturated rings. The fourth-order valence-electron chi connectivity index (χ4n) is 4.99. The number of fused-ring (bicyclic) bond motifs is 1. The first kappa shape index (κ1) is 18.1. The van der Waals surface area contributed by atoms with Gasteiger partial charge in [-0.15, -0.1) is 0 Å². The topological polar surface area (TPSA) is 108 Å². The minimum atomic E-state index is -1.00. The zero-order valence-corrected chi connectivity index (χ0v) is 15.2. The highest BCUT2D eigenvalue weighted by molar-refractivity contribution is 5.99. The van der Waals surface area contributed by atoms with Crippen LogP contribution in [0.1, 0.15) is 33.6 Å². The highest BCUT2D eigenvalue weighted by Crippen LogP contribution is 2.62. The van der Waals surface area contributed by atoms with Crippen LogP contribution in [0.2, 0.25) is 0 Å². The Morgan fingerprint density at radius 3 is 2.60 bits per heavy atom. The molecule has 3 heterocycles. The molecule has 5 atom stereocenters. The van der Waals surface area contributed by atoms with Crippen molar-refractivity contribution in [2.45, 2.75) is 56.9 Å². The number of aliphatic hydroxyl groups excluding tert-OH is 1. The van der Waals surface area contributed by atoms with Crippen LogP contribution in [0.25, 0.3) is 0 Å². The number of β-amino-alcohol motifs (C(OH)–C–C–N with tert-alkyl or cyclic N) is 1. The Hall–Kier alpha value is -1.67. The van der Waals surface area contributed by atoms with Crippen LogP contribution in [-0.2, 0) is 19.1 Å². The lowest BCUT2D eigenvalue weighted by atomic mass is 9.66. The first-order valence-corrected chi connectivity index (χ1v) is 8.85. The van der Waals surface area contributed by atoms with E-state index in [0.29, 0.717) is 12.8 Å². The molecule has 25 heavy (non-hydrogen) atoms. The molecule has 0 aromatic rings. The molecule has 0 aromatic carbocycles. The molecule has 0 aliphatic carbocycles. The minimum Gasteiger partial charge on any atom is -0.395 e. The molecule has 0 saturated carbocycles. The SMILES string of the molecule is CNC(=O)[C@H]1[C@H]2C(=O)N(CCO)C(C(=O)NC(C)C)C23CC[C@]1(C)O3. The average Bonchev–Trinajstić information content (AvgIpc) is 3.08. The molecule has 2 bridgehead atoms. The fourth-order valence-corrected chi connectivity index (χ4v) is 4.99. The molecule has 3 rings (SSSR count). The number of nitrogens with one attached hydrogen (secondary N) is 2. The number of ether oxygens (including phenoxy) is 1. The highest BCUT2D eigenvalue weighted by Gasteiger charge is 2.77. The Kier molecular flexibility index (Phi) is 4.31. The van der Waals surface area contributed by atoms with E-state index in [4.69, 9.17) is 4.74 Å². The number of carbonyl (C=O) groups excluding carboxylic acids is 3. The second-order valence-corrected chi connectivity index (χ2v) is 7.76. The zero-order chi connectivity index (χ0) is 18.6. The van der Waals surface area contributed by atoms with Crippen molar-refractivity contribution in [3.8, 4) is 0 Å². The molecular formula is C17H27N3O5. The number of carbonyl (C=O) groups is 3. The summed E-state index contributed by atoms with van der Waals surface area (Å²) in [7, 11) is 1.54. The molecule has 3 aliphatic heterocycles. The number of likely N-dealkylation sites (tertiary alicyclic amines) is 1. The van der Waals surface area contributed by atoms with Crippen LogP contribution in [0, 0.1) is 11.8 Å². The third-order valence-electron chi connectivity index (χ3n) is 5.83. The van der Waals surface area contributed by atoms with E-state index in [1.54, 1.807) is 0 Å². The van der Waals surface area contributed by atoms with Crippen molar-refractivity contribution < 1.29 is 24.2 Å². The van der Waals surface area contributed by atoms with Crippen LogP contribution in [0.4, 0.5) is 0 Å². The van der Waals surface area contributed by atoms with Gasteiger partial charge in [-0.05, 0) is 33.6 Å². The maximum Gasteiger partial charge on any atom is 0.246 e. The van der Waals surface area contributed by atoms with E-state index in [1.807, 2.05) is 20.8 Å². The highest BCUT2D eigenvalue weighted by atomic mass is 16.5. The van der Waals surface area contributed by atoms with Crippen molar-refractivity contribution in [3.05, 3.63) is 0 Å². The maximum atomic E-state index is 13.1. The monoisotopic (exact) mass is 353 g/mol. The first-order valence-electron chi connectivity index (χ1n) is 8.85. The average molecular weight is 353 g/mol. The van der Waals surface area contributed by atoms with Gasteiger partial charge in [0.1, 0.15) is 11.6 Å². The van der Waals surface area contributed by atoms with Crippen molar-refractivity contribution >= 4 is 17.7 Å². The molecule has 1 spiro atoms. The number of hydrogen-bond donors (Lipinski definition) is 3. The smallest absolute Gasteiger partial charge is 0.246 e. The minimum absolute atomic E-state index is 0.0494. The van der Waals surface area contributed by atoms with Crippen molar-refractivity contribution in [2.24, 2.45) is 11.8 Å². The van der Waals surface area contributed by atoms with Crippen molar-refractivity contribution in [1.29, 1.82) is 0 Å². The van der Waals surface area contributed by atoms with E-state index in [-0.39, 0.29) is 36.9 Å². The third kappa shape index (κ3) is 2.38. The standard InChI is InChI=1S/C17H27N3O5/c1-9(2)19-14(23)12-17-6-5-16(3,25-17)10(13(22)18-4)11(17)15(24)20(12)7-8-21/h9-12,21H,5-8H2,1-4H3,(H,18,22)(H,19,23)/t10-,11+,12?,16+,17?/m1/s1. The van der Waals surface area contributed by atoms with Gasteiger partial charge in [-0.3, -0.25) is 14.4 Å². The van der Waals surface area contributed by atoms with Gasteiger partial charge in [0.05, 0.1) is 24.0 Å². The van der Waals surface area contributed by atoms with Crippen molar-refractivity contribution in [2.75, 3.05) is 20.2 Å². The summed E-state index contributed by atoms with van der Waals surface area (Å²) in [5, 5.41) is 14.9. The molecule has 2 unspecified atom stereocenters. The van der Waals surface area contributed by atoms with Gasteiger partial charge in [-0.1, -0.05) is 0 Å². The Morgan fingerprint density at radius 2 is 2.04 bits per heavy atom. The van der Waals surface area contributed by atoms with Gasteiger partial charge in [0.2, 0.25) is 17.7 Å². The summed E-state index contributed by atoms with van der Waals surface area (Å²) in [4.78, 5) is 39.9. The van der Waals surface area contributed by atoms with Gasteiger partial charge in [-0.25, -0.2) is 0 Å². The molecule has 0 aromatic heterocycles. The van der Waals surface area contributed by atoms with E-state index >= 15 is 0 Å². The zero-order valence-electron chi connectivity index (χ0n) is 15.2. The van der Waals surface area contributed by atoms with Crippen LogP contribution < -0.4 is 10.6 Å². The number of nitrogens with zero attached hydrogens (tertiary/aromatic N) is 1. The summed E-state index contributed by atoms with van der Waals surface area (Å²) in [5.41, 5.74) is -1.75. The van der Waals surface area contributed by atoms with Crippen LogP contribution >= 0.6 is 0 Å². The summed E-state index contributed by atoms with van der Waals surface area (Å²) < 4.78 is 6.30. The van der Waals surface area contributed by atoms with Crippen LogP contribution in [-0.4, -0.2) is 71.2 Å². The number of hydrogen-bond acceptors (Lipinski definition) is 5. The van der Waals surface area contributed by atoms with Gasteiger partial charge < -0.3 is 25.4 Å². The largest absolute Gasteiger partial charge is 0.395 e. The van der Waals surface area contributed by atoms with E-state index < -0.39 is 29.1 Å². The molecular weight excluding hydrogens is 326 g/mol. The first-order chi connectivity index (χ1) is 11.7. The predicted molar refractivity (Wildman–Crippen MR) is 88.4 cm³/mol. The number of aliphatic hydroxyl groups is 1. The second kappa shape index (κ2) is 5.95. The van der Waals surface area contributed by atoms with Crippen molar-refractivity contribution in [1.82, 2.24) is 15.5 Å². The molecule has 8 heteroatoms. The van der Waals surface area contributed by atoms with Crippen LogP contribution in [0.5, 0.6) is 0 Å². The molecule has 3 saturated heterocycles. The van der Waals surface area contributed by atoms with E-state index in [1.165, 1.54) is 11.9 Å². The Morgan fingerprint density at radius 1 is 1.36 bits per heavy atom. The normalized spacial score (nSPS) is 39.0. The van der Waals surface area contributed by atoms with Crippen LogP contribution in [0.3, 0.4) is 0 Å².